The highest BCUT2D eigenvalue weighted by molar-refractivity contribution is 7.99. The zero-order valence-corrected chi connectivity index (χ0v) is 21.2. The van der Waals surface area contributed by atoms with Gasteiger partial charge in [0.25, 0.3) is 0 Å². The highest BCUT2D eigenvalue weighted by atomic mass is 32.2. The summed E-state index contributed by atoms with van der Waals surface area (Å²) in [7, 11) is 0. The summed E-state index contributed by atoms with van der Waals surface area (Å²) in [5.74, 6) is 5.44. The first-order valence-electron chi connectivity index (χ1n) is 11.3. The van der Waals surface area contributed by atoms with E-state index in [1.165, 1.54) is 17.9 Å². The number of carbonyl (C=O) groups is 2. The van der Waals surface area contributed by atoms with Gasteiger partial charge in [-0.2, -0.15) is 0 Å². The number of amides is 2. The van der Waals surface area contributed by atoms with Crippen LogP contribution in [0.1, 0.15) is 33.3 Å². The largest absolute Gasteiger partial charge is 0.442 e. The zero-order chi connectivity index (χ0) is 26.0. The Morgan fingerprint density at radius 2 is 1.97 bits per heavy atom. The van der Waals surface area contributed by atoms with Gasteiger partial charge in [-0.25, -0.2) is 20.0 Å². The second-order valence-corrected chi connectivity index (χ2v) is 8.79. The average Bonchev–Trinajstić information content (AvgIpc) is 3.23. The lowest BCUT2D eigenvalue weighted by Gasteiger charge is -2.15. The Hall–Kier alpha value is -3.31. The molecule has 6 N–H and O–H groups in total. The van der Waals surface area contributed by atoms with Crippen LogP contribution in [0.25, 0.3) is 11.1 Å². The van der Waals surface area contributed by atoms with Crippen molar-refractivity contribution < 1.29 is 18.7 Å². The number of carbonyl (C=O) groups excluding carboxylic acids is 2. The molecule has 1 aliphatic rings. The SMILES string of the molecule is CC.CC(=O)NCC1CN(c2ccc(-c3ccc(CSC(C)/N=C(/N)NN)cc3)c(F)c2)C(=O)O1. The maximum Gasteiger partial charge on any atom is 0.414 e. The molecule has 3 rings (SSSR count). The summed E-state index contributed by atoms with van der Waals surface area (Å²) in [4.78, 5) is 28.7. The van der Waals surface area contributed by atoms with Gasteiger partial charge in [0, 0.05) is 18.2 Å². The molecular formula is C24H33FN6O3S. The van der Waals surface area contributed by atoms with E-state index in [1.54, 1.807) is 23.9 Å². The number of nitrogens with one attached hydrogen (secondary N) is 2. The monoisotopic (exact) mass is 504 g/mol. The highest BCUT2D eigenvalue weighted by Crippen LogP contribution is 2.30. The van der Waals surface area contributed by atoms with Crippen LogP contribution in [0.5, 0.6) is 0 Å². The van der Waals surface area contributed by atoms with Crippen molar-refractivity contribution in [3.63, 3.8) is 0 Å². The minimum atomic E-state index is -0.568. The molecule has 0 radical (unpaired) electrons. The Labute approximate surface area is 209 Å². The predicted octanol–water partition coefficient (Wildman–Crippen LogP) is 3.34. The molecule has 1 aliphatic heterocycles. The average molecular weight is 505 g/mol. The van der Waals surface area contributed by atoms with Gasteiger partial charge < -0.3 is 15.8 Å². The lowest BCUT2D eigenvalue weighted by Crippen LogP contribution is -2.37. The standard InChI is InChI=1S/C22H27FN6O3S.C2H6/c1-13(30)26-10-18-11-29(22(31)32-18)17-7-8-19(20(23)9-17)16-5-3-15(4-6-16)12-33-14(2)27-21(24)28-25;1-2/h3-9,14,18H,10-12,25H2,1-2H3,(H,26,30)(H3,24,27,28);1-2H3. The van der Waals surface area contributed by atoms with Gasteiger partial charge in [-0.3, -0.25) is 15.1 Å². The van der Waals surface area contributed by atoms with Crippen molar-refractivity contribution in [2.24, 2.45) is 16.6 Å². The molecular weight excluding hydrogens is 471 g/mol. The van der Waals surface area contributed by atoms with E-state index >= 15 is 0 Å². The van der Waals surface area contributed by atoms with Crippen LogP contribution in [0.4, 0.5) is 14.9 Å². The molecule has 1 heterocycles. The van der Waals surface area contributed by atoms with Gasteiger partial charge >= 0.3 is 6.09 Å². The summed E-state index contributed by atoms with van der Waals surface area (Å²) in [6, 6.07) is 12.2. The molecule has 2 aromatic carbocycles. The molecule has 0 aromatic heterocycles. The van der Waals surface area contributed by atoms with E-state index in [0.717, 1.165) is 11.1 Å². The van der Waals surface area contributed by atoms with Crippen molar-refractivity contribution in [2.45, 2.75) is 44.9 Å². The zero-order valence-electron chi connectivity index (χ0n) is 20.4. The second-order valence-electron chi connectivity index (χ2n) is 7.48. The number of anilines is 1. The van der Waals surface area contributed by atoms with E-state index in [1.807, 2.05) is 45.0 Å². The van der Waals surface area contributed by atoms with Crippen molar-refractivity contribution in [1.29, 1.82) is 0 Å². The molecule has 2 atom stereocenters. The van der Waals surface area contributed by atoms with Gasteiger partial charge in [-0.15, -0.1) is 11.8 Å². The first-order chi connectivity index (χ1) is 16.8. The fourth-order valence-electron chi connectivity index (χ4n) is 3.27. The number of cyclic esters (lactones) is 1. The number of nitrogens with zero attached hydrogens (tertiary/aromatic N) is 2. The van der Waals surface area contributed by atoms with Crippen LogP contribution in [0.3, 0.4) is 0 Å². The number of thioether (sulfide) groups is 1. The first kappa shape index (κ1) is 27.9. The summed E-state index contributed by atoms with van der Waals surface area (Å²) in [5, 5.41) is 2.55. The molecule has 35 heavy (non-hydrogen) atoms. The number of rotatable bonds is 8. The number of benzene rings is 2. The predicted molar refractivity (Wildman–Crippen MR) is 139 cm³/mol. The first-order valence-corrected chi connectivity index (χ1v) is 12.3. The molecule has 1 saturated heterocycles. The Balaban J connectivity index is 0.00000210. The van der Waals surface area contributed by atoms with Crippen LogP contribution in [0.15, 0.2) is 47.5 Å². The molecule has 0 saturated carbocycles. The van der Waals surface area contributed by atoms with Crippen LogP contribution in [0.2, 0.25) is 0 Å². The Kier molecular flexibility index (Phi) is 10.8. The lowest BCUT2D eigenvalue weighted by molar-refractivity contribution is -0.119. The van der Waals surface area contributed by atoms with Crippen molar-refractivity contribution >= 4 is 35.4 Å². The highest BCUT2D eigenvalue weighted by Gasteiger charge is 2.32. The third-order valence-corrected chi connectivity index (χ3v) is 6.03. The van der Waals surface area contributed by atoms with Crippen molar-refractivity contribution in [2.75, 3.05) is 18.0 Å². The Morgan fingerprint density at radius 3 is 2.57 bits per heavy atom. The quantitative estimate of drug-likeness (QED) is 0.187. The number of hydrogen-bond donors (Lipinski definition) is 4. The smallest absolute Gasteiger partial charge is 0.414 e. The summed E-state index contributed by atoms with van der Waals surface area (Å²) in [6.45, 7) is 7.75. The molecule has 2 aromatic rings. The molecule has 190 valence electrons. The number of hydrazine groups is 1. The molecule has 0 aliphatic carbocycles. The van der Waals surface area contributed by atoms with Crippen LogP contribution >= 0.6 is 11.8 Å². The third kappa shape index (κ3) is 8.15. The van der Waals surface area contributed by atoms with E-state index in [-0.39, 0.29) is 30.3 Å². The van der Waals surface area contributed by atoms with Crippen LogP contribution < -0.4 is 27.2 Å². The van der Waals surface area contributed by atoms with Crippen LogP contribution in [-0.2, 0) is 15.3 Å². The van der Waals surface area contributed by atoms with Crippen molar-refractivity contribution in [3.05, 3.63) is 53.8 Å². The Bertz CT molecular complexity index is 1030. The third-order valence-electron chi connectivity index (χ3n) is 4.94. The number of hydrogen-bond acceptors (Lipinski definition) is 6. The van der Waals surface area contributed by atoms with Gasteiger partial charge in [0.05, 0.1) is 24.2 Å². The van der Waals surface area contributed by atoms with E-state index < -0.39 is 18.0 Å². The van der Waals surface area contributed by atoms with Crippen LogP contribution in [-0.4, -0.2) is 42.5 Å². The lowest BCUT2D eigenvalue weighted by atomic mass is 10.0. The fourth-order valence-corrected chi connectivity index (χ4v) is 4.08. The van der Waals surface area contributed by atoms with E-state index in [0.29, 0.717) is 17.0 Å². The van der Waals surface area contributed by atoms with Crippen LogP contribution in [0, 0.1) is 5.82 Å². The summed E-state index contributed by atoms with van der Waals surface area (Å²) >= 11 is 1.59. The van der Waals surface area contributed by atoms with Gasteiger partial charge in [0.15, 0.2) is 0 Å². The van der Waals surface area contributed by atoms with Crippen molar-refractivity contribution in [1.82, 2.24) is 10.7 Å². The molecule has 11 heteroatoms. The second kappa shape index (κ2) is 13.5. The molecule has 0 spiro atoms. The normalized spacial score (nSPS) is 16.2. The maximum atomic E-state index is 14.9. The van der Waals surface area contributed by atoms with E-state index in [4.69, 9.17) is 16.3 Å². The molecule has 2 amide bonds. The summed E-state index contributed by atoms with van der Waals surface area (Å²) in [6.07, 6.45) is -1.05. The Morgan fingerprint density at radius 1 is 1.29 bits per heavy atom. The van der Waals surface area contributed by atoms with E-state index in [2.05, 4.69) is 15.7 Å². The number of guanidine groups is 1. The number of halogens is 1. The minimum absolute atomic E-state index is 0.0687. The maximum absolute atomic E-state index is 14.9. The van der Waals surface area contributed by atoms with Crippen molar-refractivity contribution in [3.8, 4) is 11.1 Å². The van der Waals surface area contributed by atoms with Gasteiger partial charge in [0.2, 0.25) is 11.9 Å². The summed E-state index contributed by atoms with van der Waals surface area (Å²) in [5.41, 5.74) is 10.5. The topological polar surface area (TPSA) is 135 Å². The van der Waals surface area contributed by atoms with Gasteiger partial charge in [-0.1, -0.05) is 38.1 Å². The van der Waals surface area contributed by atoms with E-state index in [9.17, 15) is 14.0 Å². The molecule has 1 fully saturated rings. The number of ether oxygens (including phenoxy) is 1. The summed E-state index contributed by atoms with van der Waals surface area (Å²) < 4.78 is 20.1. The minimum Gasteiger partial charge on any atom is -0.442 e. The number of aliphatic imine (C=N–C) groups is 1. The number of nitrogens with two attached hydrogens (primary N) is 2. The molecule has 0 bridgehead atoms. The molecule has 2 unspecified atom stereocenters. The van der Waals surface area contributed by atoms with Gasteiger partial charge in [0.1, 0.15) is 11.9 Å². The fraction of sp³-hybridized carbons (Fsp3) is 0.375. The van der Waals surface area contributed by atoms with Gasteiger partial charge in [-0.05, 0) is 36.2 Å². The molecule has 9 nitrogen and oxygen atoms in total.